The van der Waals surface area contributed by atoms with Crippen LogP contribution in [0.25, 0.3) is 0 Å². The number of anilines is 1. The number of benzene rings is 3. The lowest BCUT2D eigenvalue weighted by Gasteiger charge is -2.38. The molecule has 6 rings (SSSR count). The molecule has 0 saturated carbocycles. The van der Waals surface area contributed by atoms with Crippen LogP contribution >= 0.6 is 0 Å². The maximum Gasteiger partial charge on any atom is 0.270 e. The van der Waals surface area contributed by atoms with Crippen LogP contribution in [-0.2, 0) is 19.6 Å². The highest BCUT2D eigenvalue weighted by atomic mass is 32.2. The highest BCUT2D eigenvalue weighted by molar-refractivity contribution is 7.93. The summed E-state index contributed by atoms with van der Waals surface area (Å²) in [6.07, 6.45) is 1.21. The van der Waals surface area contributed by atoms with Gasteiger partial charge in [-0.15, -0.1) is 0 Å². The SMILES string of the molecule is Cc1ccc(S(=O)(=O)N2c3ccccc3C(=O)C23OC2=C(C(=O)CCC2)C3c2ccc(F)cc2)cc1. The zero-order valence-corrected chi connectivity index (χ0v) is 20.2. The molecule has 2 aliphatic heterocycles. The van der Waals surface area contributed by atoms with Gasteiger partial charge in [0.25, 0.3) is 15.7 Å². The Bertz CT molecular complexity index is 1560. The van der Waals surface area contributed by atoms with Crippen molar-refractivity contribution in [1.29, 1.82) is 0 Å². The van der Waals surface area contributed by atoms with Gasteiger partial charge in [0.2, 0.25) is 5.78 Å². The lowest BCUT2D eigenvalue weighted by atomic mass is 9.77. The molecule has 182 valence electrons. The van der Waals surface area contributed by atoms with E-state index < -0.39 is 33.3 Å². The van der Waals surface area contributed by atoms with E-state index in [9.17, 15) is 22.4 Å². The summed E-state index contributed by atoms with van der Waals surface area (Å²) in [6, 6.07) is 18.2. The number of fused-ring (bicyclic) bond motifs is 1. The maximum atomic E-state index is 14.3. The molecule has 0 radical (unpaired) electrons. The fraction of sp³-hybridized carbons (Fsp3) is 0.214. The van der Waals surface area contributed by atoms with Crippen molar-refractivity contribution >= 4 is 27.3 Å². The highest BCUT2D eigenvalue weighted by Crippen LogP contribution is 2.58. The highest BCUT2D eigenvalue weighted by Gasteiger charge is 2.68. The predicted octanol–water partition coefficient (Wildman–Crippen LogP) is 5.04. The van der Waals surface area contributed by atoms with E-state index in [1.807, 2.05) is 6.92 Å². The number of sulfonamides is 1. The van der Waals surface area contributed by atoms with Gasteiger partial charge in [-0.3, -0.25) is 9.59 Å². The topological polar surface area (TPSA) is 80.8 Å². The number of hydrogen-bond donors (Lipinski definition) is 0. The van der Waals surface area contributed by atoms with Crippen LogP contribution in [0.15, 0.2) is 89.0 Å². The minimum atomic E-state index is -4.33. The van der Waals surface area contributed by atoms with Gasteiger partial charge >= 0.3 is 0 Å². The van der Waals surface area contributed by atoms with Gasteiger partial charge in [-0.2, -0.15) is 0 Å². The molecule has 0 N–H and O–H groups in total. The Morgan fingerprint density at radius 1 is 0.944 bits per heavy atom. The average Bonchev–Trinajstić information content (AvgIpc) is 3.33. The minimum absolute atomic E-state index is 0.00497. The molecule has 1 spiro atoms. The quantitative estimate of drug-likeness (QED) is 0.500. The van der Waals surface area contributed by atoms with Gasteiger partial charge in [-0.1, -0.05) is 42.0 Å². The molecule has 3 aliphatic rings. The first-order valence-corrected chi connectivity index (χ1v) is 13.2. The molecule has 0 bridgehead atoms. The summed E-state index contributed by atoms with van der Waals surface area (Å²) >= 11 is 0. The molecule has 0 amide bonds. The van der Waals surface area contributed by atoms with Crippen LogP contribution in [-0.4, -0.2) is 25.7 Å². The maximum absolute atomic E-state index is 14.3. The van der Waals surface area contributed by atoms with E-state index in [1.165, 1.54) is 36.4 Å². The van der Waals surface area contributed by atoms with Crippen molar-refractivity contribution in [1.82, 2.24) is 0 Å². The Morgan fingerprint density at radius 3 is 2.36 bits per heavy atom. The van der Waals surface area contributed by atoms with Crippen LogP contribution in [0.1, 0.15) is 46.7 Å². The second-order valence-corrected chi connectivity index (χ2v) is 11.1. The number of rotatable bonds is 3. The molecule has 0 saturated heterocycles. The molecule has 2 unspecified atom stereocenters. The Kier molecular flexibility index (Phi) is 4.95. The number of aryl methyl sites for hydroxylation is 1. The van der Waals surface area contributed by atoms with Crippen molar-refractivity contribution in [3.8, 4) is 0 Å². The second-order valence-electron chi connectivity index (χ2n) is 9.33. The van der Waals surface area contributed by atoms with Crippen LogP contribution in [0.5, 0.6) is 0 Å². The Morgan fingerprint density at radius 2 is 1.64 bits per heavy atom. The largest absolute Gasteiger partial charge is 0.462 e. The third-order valence-electron chi connectivity index (χ3n) is 7.12. The third-order valence-corrected chi connectivity index (χ3v) is 8.94. The molecule has 2 atom stereocenters. The molecule has 6 nitrogen and oxygen atoms in total. The van der Waals surface area contributed by atoms with Crippen LogP contribution in [0, 0.1) is 12.7 Å². The Labute approximate surface area is 208 Å². The number of halogens is 1. The first-order valence-electron chi connectivity index (χ1n) is 11.7. The summed E-state index contributed by atoms with van der Waals surface area (Å²) in [7, 11) is -4.33. The number of para-hydroxylation sites is 1. The predicted molar refractivity (Wildman–Crippen MR) is 130 cm³/mol. The number of ether oxygens (including phenoxy) is 1. The van der Waals surface area contributed by atoms with Gasteiger partial charge in [0.1, 0.15) is 11.6 Å². The van der Waals surface area contributed by atoms with E-state index in [0.29, 0.717) is 24.2 Å². The van der Waals surface area contributed by atoms with Crippen molar-refractivity contribution in [2.75, 3.05) is 4.31 Å². The molecule has 2 heterocycles. The number of carbonyl (C=O) groups excluding carboxylic acids is 2. The molecule has 3 aromatic carbocycles. The summed E-state index contributed by atoms with van der Waals surface area (Å²) < 4.78 is 49.8. The standard InChI is InChI=1S/C28H22FNO5S/c1-17-9-15-20(16-10-17)36(33,34)30-22-6-3-2-5-21(22)27(32)28(30)26(18-11-13-19(29)14-12-18)25-23(31)7-4-8-24(25)35-28/h2-3,5-6,9-16,26H,4,7-8H2,1H3. The van der Waals surface area contributed by atoms with Crippen LogP contribution in [0.3, 0.4) is 0 Å². The van der Waals surface area contributed by atoms with Crippen molar-refractivity contribution in [2.24, 2.45) is 0 Å². The number of ketones is 2. The molecule has 3 aromatic rings. The average molecular weight is 504 g/mol. The fourth-order valence-corrected chi connectivity index (χ4v) is 7.21. The van der Waals surface area contributed by atoms with Gasteiger partial charge in [0.15, 0.2) is 5.78 Å². The summed E-state index contributed by atoms with van der Waals surface area (Å²) in [6.45, 7) is 1.85. The zero-order valence-electron chi connectivity index (χ0n) is 19.4. The number of carbonyl (C=O) groups is 2. The van der Waals surface area contributed by atoms with E-state index in [1.54, 1.807) is 36.4 Å². The first-order chi connectivity index (χ1) is 17.2. The van der Waals surface area contributed by atoms with Gasteiger partial charge < -0.3 is 4.74 Å². The van der Waals surface area contributed by atoms with E-state index in [-0.39, 0.29) is 33.9 Å². The molecular formula is C28H22FNO5S. The summed E-state index contributed by atoms with van der Waals surface area (Å²) in [5.74, 6) is -1.96. The third kappa shape index (κ3) is 3.03. The number of allylic oxidation sites excluding steroid dienone is 1. The molecule has 1 aliphatic carbocycles. The second kappa shape index (κ2) is 7.86. The normalized spacial score (nSPS) is 23.2. The summed E-state index contributed by atoms with van der Waals surface area (Å²) in [5, 5.41) is 0. The van der Waals surface area contributed by atoms with Gasteiger partial charge in [-0.25, -0.2) is 17.1 Å². The molecule has 0 fully saturated rings. The molecule has 36 heavy (non-hydrogen) atoms. The minimum Gasteiger partial charge on any atom is -0.462 e. The van der Waals surface area contributed by atoms with Gasteiger partial charge in [-0.05, 0) is 55.3 Å². The smallest absolute Gasteiger partial charge is 0.270 e. The first kappa shape index (κ1) is 22.7. The zero-order chi connectivity index (χ0) is 25.2. The van der Waals surface area contributed by atoms with E-state index in [2.05, 4.69) is 0 Å². The van der Waals surface area contributed by atoms with E-state index >= 15 is 0 Å². The van der Waals surface area contributed by atoms with Crippen molar-refractivity contribution in [3.63, 3.8) is 0 Å². The molecular weight excluding hydrogens is 481 g/mol. The lowest BCUT2D eigenvalue weighted by Crippen LogP contribution is -2.57. The van der Waals surface area contributed by atoms with Gasteiger partial charge in [0, 0.05) is 24.0 Å². The van der Waals surface area contributed by atoms with E-state index in [0.717, 1.165) is 9.87 Å². The number of nitrogens with zero attached hydrogens (tertiary/aromatic N) is 1. The summed E-state index contributed by atoms with van der Waals surface area (Å²) in [4.78, 5) is 27.4. The monoisotopic (exact) mass is 503 g/mol. The van der Waals surface area contributed by atoms with Crippen LogP contribution in [0.4, 0.5) is 10.1 Å². The Hall–Kier alpha value is -3.78. The van der Waals surface area contributed by atoms with Gasteiger partial charge in [0.05, 0.1) is 16.5 Å². The lowest BCUT2D eigenvalue weighted by molar-refractivity contribution is -0.116. The van der Waals surface area contributed by atoms with Crippen LogP contribution in [0.2, 0.25) is 0 Å². The van der Waals surface area contributed by atoms with Crippen molar-refractivity contribution < 1.29 is 27.1 Å². The van der Waals surface area contributed by atoms with E-state index in [4.69, 9.17) is 4.74 Å². The van der Waals surface area contributed by atoms with Crippen LogP contribution < -0.4 is 4.31 Å². The number of Topliss-reactive ketones (excluding diaryl/α,β-unsaturated/α-hetero) is 2. The molecule has 8 heteroatoms. The Balaban J connectivity index is 1.65. The van der Waals surface area contributed by atoms with Crippen molar-refractivity contribution in [2.45, 2.75) is 42.7 Å². The summed E-state index contributed by atoms with van der Waals surface area (Å²) in [5.41, 5.74) is -0.101. The van der Waals surface area contributed by atoms with Crippen molar-refractivity contribution in [3.05, 3.63) is 107 Å². The number of hydrogen-bond acceptors (Lipinski definition) is 5. The fourth-order valence-electron chi connectivity index (χ4n) is 5.52. The molecule has 0 aromatic heterocycles.